The molecule has 0 aliphatic carbocycles. The van der Waals surface area contributed by atoms with E-state index in [1.807, 2.05) is 24.4 Å². The smallest absolute Gasteiger partial charge is 0.279 e. The molecule has 1 rings (SSSR count). The van der Waals surface area contributed by atoms with Crippen molar-refractivity contribution in [1.29, 1.82) is 0 Å². The maximum Gasteiger partial charge on any atom is 0.279 e. The molecule has 0 saturated heterocycles. The molecular weight excluding hydrogens is 272 g/mol. The molecular formula is C11H20N2O3S2. The number of hydrogen-bond donors (Lipinski definition) is 2. The first-order valence-electron chi connectivity index (χ1n) is 5.89. The molecule has 0 amide bonds. The predicted molar refractivity (Wildman–Crippen MR) is 73.7 cm³/mol. The SMILES string of the molecule is CCC(NS(=O)(=O)N(C)CCCO)c1cccs1. The molecule has 2 N–H and O–H groups in total. The fourth-order valence-electron chi connectivity index (χ4n) is 1.52. The minimum Gasteiger partial charge on any atom is -0.396 e. The lowest BCUT2D eigenvalue weighted by molar-refractivity contribution is 0.275. The van der Waals surface area contributed by atoms with Crippen LogP contribution in [0.15, 0.2) is 17.5 Å². The summed E-state index contributed by atoms with van der Waals surface area (Å²) in [7, 11) is -1.98. The molecule has 1 heterocycles. The molecule has 1 aromatic rings. The summed E-state index contributed by atoms with van der Waals surface area (Å²) >= 11 is 1.54. The molecule has 1 unspecified atom stereocenters. The second-order valence-corrected chi connectivity index (χ2v) is 6.79. The third kappa shape index (κ3) is 4.33. The van der Waals surface area contributed by atoms with Crippen molar-refractivity contribution in [3.63, 3.8) is 0 Å². The highest BCUT2D eigenvalue weighted by Crippen LogP contribution is 2.22. The van der Waals surface area contributed by atoms with Crippen LogP contribution >= 0.6 is 11.3 Å². The number of rotatable bonds is 8. The first-order valence-corrected chi connectivity index (χ1v) is 8.21. The molecule has 0 radical (unpaired) electrons. The number of nitrogens with one attached hydrogen (secondary N) is 1. The van der Waals surface area contributed by atoms with E-state index in [9.17, 15) is 8.42 Å². The fraction of sp³-hybridized carbons (Fsp3) is 0.636. The van der Waals surface area contributed by atoms with Crippen molar-refractivity contribution in [3.05, 3.63) is 22.4 Å². The second kappa shape index (κ2) is 7.20. The summed E-state index contributed by atoms with van der Waals surface area (Å²) in [6.45, 7) is 2.25. The molecule has 1 aromatic heterocycles. The van der Waals surface area contributed by atoms with E-state index in [1.54, 1.807) is 11.3 Å². The average molecular weight is 292 g/mol. The molecule has 0 saturated carbocycles. The largest absolute Gasteiger partial charge is 0.396 e. The Labute approximate surface area is 113 Å². The molecule has 5 nitrogen and oxygen atoms in total. The van der Waals surface area contributed by atoms with Crippen LogP contribution < -0.4 is 4.72 Å². The van der Waals surface area contributed by atoms with Gasteiger partial charge in [0.25, 0.3) is 10.2 Å². The van der Waals surface area contributed by atoms with Crippen LogP contribution in [-0.4, -0.2) is 38.0 Å². The number of hydrogen-bond acceptors (Lipinski definition) is 4. The van der Waals surface area contributed by atoms with Crippen LogP contribution in [0.25, 0.3) is 0 Å². The zero-order valence-electron chi connectivity index (χ0n) is 10.7. The van der Waals surface area contributed by atoms with E-state index < -0.39 is 10.2 Å². The van der Waals surface area contributed by atoms with Gasteiger partial charge in [-0.2, -0.15) is 17.4 Å². The number of aliphatic hydroxyl groups is 1. The second-order valence-electron chi connectivity index (χ2n) is 4.00. The van der Waals surface area contributed by atoms with E-state index in [-0.39, 0.29) is 12.6 Å². The standard InChI is InChI=1S/C11H20N2O3S2/c1-3-10(11-6-4-9-17-11)12-18(15,16)13(2)7-5-8-14/h4,6,9-10,12,14H,3,5,7-8H2,1-2H3. The molecule has 0 aliphatic rings. The number of nitrogens with zero attached hydrogens (tertiary/aromatic N) is 1. The Kier molecular flexibility index (Phi) is 6.24. The monoisotopic (exact) mass is 292 g/mol. The molecule has 1 atom stereocenters. The first-order chi connectivity index (χ1) is 8.51. The third-order valence-corrected chi connectivity index (χ3v) is 5.20. The van der Waals surface area contributed by atoms with Gasteiger partial charge in [-0.3, -0.25) is 0 Å². The summed E-state index contributed by atoms with van der Waals surface area (Å²) in [5.41, 5.74) is 0. The molecule has 104 valence electrons. The van der Waals surface area contributed by atoms with Crippen molar-refractivity contribution in [3.8, 4) is 0 Å². The van der Waals surface area contributed by atoms with E-state index >= 15 is 0 Å². The molecule has 0 fully saturated rings. The predicted octanol–water partition coefficient (Wildman–Crippen LogP) is 1.35. The minimum absolute atomic E-state index is 0.0119. The lowest BCUT2D eigenvalue weighted by atomic mass is 10.2. The van der Waals surface area contributed by atoms with Gasteiger partial charge in [-0.25, -0.2) is 0 Å². The van der Waals surface area contributed by atoms with Crippen LogP contribution in [0.5, 0.6) is 0 Å². The summed E-state index contributed by atoms with van der Waals surface area (Å²) in [6.07, 6.45) is 1.14. The fourth-order valence-corrected chi connectivity index (χ4v) is 3.65. The number of thiophene rings is 1. The Balaban J connectivity index is 2.68. The van der Waals surface area contributed by atoms with Crippen LogP contribution in [-0.2, 0) is 10.2 Å². The van der Waals surface area contributed by atoms with Crippen LogP contribution in [0, 0.1) is 0 Å². The van der Waals surface area contributed by atoms with Crippen molar-refractivity contribution in [1.82, 2.24) is 9.03 Å². The molecule has 7 heteroatoms. The highest BCUT2D eigenvalue weighted by atomic mass is 32.2. The Morgan fingerprint density at radius 2 is 2.28 bits per heavy atom. The Bertz CT molecular complexity index is 431. The van der Waals surface area contributed by atoms with Crippen molar-refractivity contribution in [2.45, 2.75) is 25.8 Å². The van der Waals surface area contributed by atoms with Gasteiger partial charge in [0.05, 0.1) is 6.04 Å². The van der Waals surface area contributed by atoms with Gasteiger partial charge in [0, 0.05) is 25.1 Å². The minimum atomic E-state index is -3.49. The van der Waals surface area contributed by atoms with Gasteiger partial charge in [-0.15, -0.1) is 11.3 Å². The maximum atomic E-state index is 12.0. The first kappa shape index (κ1) is 15.6. The van der Waals surface area contributed by atoms with Crippen molar-refractivity contribution >= 4 is 21.5 Å². The van der Waals surface area contributed by atoms with E-state index in [2.05, 4.69) is 4.72 Å². The summed E-state index contributed by atoms with van der Waals surface area (Å²) in [5.74, 6) is 0. The van der Waals surface area contributed by atoms with Gasteiger partial charge in [-0.05, 0) is 24.3 Å². The van der Waals surface area contributed by atoms with Gasteiger partial charge < -0.3 is 5.11 Å². The zero-order valence-corrected chi connectivity index (χ0v) is 12.3. The summed E-state index contributed by atoms with van der Waals surface area (Å²) < 4.78 is 28.0. The highest BCUT2D eigenvalue weighted by Gasteiger charge is 2.22. The number of aliphatic hydroxyl groups excluding tert-OH is 1. The lowest BCUT2D eigenvalue weighted by Crippen LogP contribution is -2.40. The average Bonchev–Trinajstić information content (AvgIpc) is 2.86. The summed E-state index contributed by atoms with van der Waals surface area (Å²) in [4.78, 5) is 1.01. The van der Waals surface area contributed by atoms with E-state index in [0.29, 0.717) is 19.4 Å². The molecule has 0 aromatic carbocycles. The van der Waals surface area contributed by atoms with Crippen LogP contribution in [0.1, 0.15) is 30.7 Å². The maximum absolute atomic E-state index is 12.0. The quantitative estimate of drug-likeness (QED) is 0.760. The van der Waals surface area contributed by atoms with Gasteiger partial charge in [0.15, 0.2) is 0 Å². The zero-order chi connectivity index (χ0) is 13.6. The van der Waals surface area contributed by atoms with Crippen LogP contribution in [0.2, 0.25) is 0 Å². The Morgan fingerprint density at radius 3 is 2.78 bits per heavy atom. The van der Waals surface area contributed by atoms with Gasteiger partial charge in [0.1, 0.15) is 0 Å². The van der Waals surface area contributed by atoms with E-state index in [0.717, 1.165) is 4.88 Å². The van der Waals surface area contributed by atoms with Gasteiger partial charge in [-0.1, -0.05) is 13.0 Å². The van der Waals surface area contributed by atoms with E-state index in [1.165, 1.54) is 11.4 Å². The van der Waals surface area contributed by atoms with Crippen molar-refractivity contribution < 1.29 is 13.5 Å². The normalized spacial score (nSPS) is 14.0. The van der Waals surface area contributed by atoms with Gasteiger partial charge >= 0.3 is 0 Å². The molecule has 0 aliphatic heterocycles. The van der Waals surface area contributed by atoms with Gasteiger partial charge in [0.2, 0.25) is 0 Å². The summed E-state index contributed by atoms with van der Waals surface area (Å²) in [6, 6.07) is 3.65. The third-order valence-electron chi connectivity index (χ3n) is 2.63. The van der Waals surface area contributed by atoms with Crippen molar-refractivity contribution in [2.75, 3.05) is 20.2 Å². The lowest BCUT2D eigenvalue weighted by Gasteiger charge is -2.21. The Hall–Kier alpha value is -0.470. The topological polar surface area (TPSA) is 69.6 Å². The van der Waals surface area contributed by atoms with E-state index in [4.69, 9.17) is 5.11 Å². The van der Waals surface area contributed by atoms with Crippen LogP contribution in [0.4, 0.5) is 0 Å². The highest BCUT2D eigenvalue weighted by molar-refractivity contribution is 7.87. The molecule has 0 spiro atoms. The molecule has 0 bridgehead atoms. The molecule has 18 heavy (non-hydrogen) atoms. The van der Waals surface area contributed by atoms with Crippen LogP contribution in [0.3, 0.4) is 0 Å². The summed E-state index contributed by atoms with van der Waals surface area (Å²) in [5, 5.41) is 10.7. The Morgan fingerprint density at radius 1 is 1.56 bits per heavy atom. The van der Waals surface area contributed by atoms with Crippen molar-refractivity contribution in [2.24, 2.45) is 0 Å².